The van der Waals surface area contributed by atoms with E-state index in [-0.39, 0.29) is 5.91 Å². The molecule has 0 bridgehead atoms. The molecule has 0 aliphatic carbocycles. The summed E-state index contributed by atoms with van der Waals surface area (Å²) >= 11 is 6.15. The molecule has 1 aliphatic heterocycles. The average molecular weight is 334 g/mol. The summed E-state index contributed by atoms with van der Waals surface area (Å²) in [6.07, 6.45) is 0. The molecule has 1 saturated heterocycles. The van der Waals surface area contributed by atoms with Crippen molar-refractivity contribution in [1.82, 2.24) is 14.4 Å². The van der Waals surface area contributed by atoms with Crippen LogP contribution in [0.2, 0.25) is 5.02 Å². The monoisotopic (exact) mass is 333 g/mol. The standard InChI is InChI=1S/C18H24ClN3O/c1-4-20-8-10-21(11-9-20)18(23)17-13(3)15-12-14(19)6-7-16(15)22(17)5-2/h6-7,12H,4-5,8-11H2,1-3H3. The van der Waals surface area contributed by atoms with Crippen LogP contribution in [-0.4, -0.2) is 53.0 Å². The lowest BCUT2D eigenvalue weighted by atomic mass is 10.1. The third-order valence-electron chi connectivity index (χ3n) is 4.90. The van der Waals surface area contributed by atoms with Gasteiger partial charge in [0, 0.05) is 48.6 Å². The third-order valence-corrected chi connectivity index (χ3v) is 5.14. The highest BCUT2D eigenvalue weighted by molar-refractivity contribution is 6.31. The first-order chi connectivity index (χ1) is 11.1. The van der Waals surface area contributed by atoms with E-state index >= 15 is 0 Å². The van der Waals surface area contributed by atoms with Crippen molar-refractivity contribution in [3.63, 3.8) is 0 Å². The van der Waals surface area contributed by atoms with Crippen molar-refractivity contribution in [1.29, 1.82) is 0 Å². The fraction of sp³-hybridized carbons (Fsp3) is 0.500. The van der Waals surface area contributed by atoms with Crippen molar-refractivity contribution >= 4 is 28.4 Å². The second-order valence-corrected chi connectivity index (χ2v) is 6.54. The molecule has 0 radical (unpaired) electrons. The Morgan fingerprint density at radius 1 is 1.13 bits per heavy atom. The van der Waals surface area contributed by atoms with E-state index in [1.807, 2.05) is 30.0 Å². The van der Waals surface area contributed by atoms with Crippen LogP contribution in [0.5, 0.6) is 0 Å². The Balaban J connectivity index is 1.99. The number of likely N-dealkylation sites (N-methyl/N-ethyl adjacent to an activating group) is 1. The van der Waals surface area contributed by atoms with Crippen molar-refractivity contribution in [2.24, 2.45) is 0 Å². The molecule has 0 spiro atoms. The van der Waals surface area contributed by atoms with E-state index in [4.69, 9.17) is 11.6 Å². The van der Waals surface area contributed by atoms with Gasteiger partial charge in [0.25, 0.3) is 5.91 Å². The maximum absolute atomic E-state index is 13.1. The molecule has 1 aromatic heterocycles. The summed E-state index contributed by atoms with van der Waals surface area (Å²) in [7, 11) is 0. The van der Waals surface area contributed by atoms with Gasteiger partial charge in [-0.3, -0.25) is 4.79 Å². The summed E-state index contributed by atoms with van der Waals surface area (Å²) in [6, 6.07) is 5.87. The lowest BCUT2D eigenvalue weighted by molar-refractivity contribution is 0.0632. The minimum atomic E-state index is 0.146. The van der Waals surface area contributed by atoms with Gasteiger partial charge in [-0.15, -0.1) is 0 Å². The fourth-order valence-electron chi connectivity index (χ4n) is 3.52. The molecular formula is C18H24ClN3O. The highest BCUT2D eigenvalue weighted by Crippen LogP contribution is 2.29. The summed E-state index contributed by atoms with van der Waals surface area (Å²) in [5, 5.41) is 1.79. The van der Waals surface area contributed by atoms with Gasteiger partial charge in [-0.2, -0.15) is 0 Å². The maximum atomic E-state index is 13.1. The number of carbonyl (C=O) groups is 1. The van der Waals surface area contributed by atoms with Crippen molar-refractivity contribution in [3.8, 4) is 0 Å². The summed E-state index contributed by atoms with van der Waals surface area (Å²) in [5.74, 6) is 0.146. The quantitative estimate of drug-likeness (QED) is 0.861. The first kappa shape index (κ1) is 16.3. The Morgan fingerprint density at radius 3 is 2.43 bits per heavy atom. The van der Waals surface area contributed by atoms with Crippen molar-refractivity contribution in [2.45, 2.75) is 27.3 Å². The summed E-state index contributed by atoms with van der Waals surface area (Å²) in [4.78, 5) is 17.5. The van der Waals surface area contributed by atoms with Crippen molar-refractivity contribution in [2.75, 3.05) is 32.7 Å². The first-order valence-electron chi connectivity index (χ1n) is 8.36. The molecule has 1 aromatic carbocycles. The number of rotatable bonds is 3. The minimum absolute atomic E-state index is 0.146. The van der Waals surface area contributed by atoms with Crippen LogP contribution in [-0.2, 0) is 6.54 Å². The Morgan fingerprint density at radius 2 is 1.83 bits per heavy atom. The van der Waals surface area contributed by atoms with Gasteiger partial charge >= 0.3 is 0 Å². The number of fused-ring (bicyclic) bond motifs is 1. The molecule has 1 amide bonds. The number of aryl methyl sites for hydroxylation is 2. The van der Waals surface area contributed by atoms with Crippen LogP contribution >= 0.6 is 11.6 Å². The molecule has 124 valence electrons. The number of piperazine rings is 1. The van der Waals surface area contributed by atoms with E-state index in [1.54, 1.807) is 0 Å². The van der Waals surface area contributed by atoms with Gasteiger partial charge in [-0.1, -0.05) is 18.5 Å². The zero-order valence-electron chi connectivity index (χ0n) is 14.1. The molecule has 0 saturated carbocycles. The first-order valence-corrected chi connectivity index (χ1v) is 8.74. The van der Waals surface area contributed by atoms with E-state index in [2.05, 4.69) is 23.3 Å². The lowest BCUT2D eigenvalue weighted by Gasteiger charge is -2.34. The minimum Gasteiger partial charge on any atom is -0.337 e. The van der Waals surface area contributed by atoms with E-state index < -0.39 is 0 Å². The SMILES string of the molecule is CCN1CCN(C(=O)c2c(C)c3cc(Cl)ccc3n2CC)CC1. The van der Waals surface area contributed by atoms with Crippen LogP contribution in [0.3, 0.4) is 0 Å². The summed E-state index contributed by atoms with van der Waals surface area (Å²) < 4.78 is 2.12. The average Bonchev–Trinajstić information content (AvgIpc) is 2.86. The predicted octanol–water partition coefficient (Wildman–Crippen LogP) is 3.40. The number of aromatic nitrogens is 1. The van der Waals surface area contributed by atoms with Crippen LogP contribution < -0.4 is 0 Å². The Kier molecular flexibility index (Phi) is 4.64. The van der Waals surface area contributed by atoms with Gasteiger partial charge in [0.2, 0.25) is 0 Å². The Labute approximate surface area is 142 Å². The van der Waals surface area contributed by atoms with Crippen molar-refractivity contribution < 1.29 is 4.79 Å². The number of benzene rings is 1. The molecule has 2 aromatic rings. The molecule has 0 atom stereocenters. The number of halogens is 1. The van der Waals surface area contributed by atoms with Crippen LogP contribution in [0.4, 0.5) is 0 Å². The number of amides is 1. The third kappa shape index (κ3) is 2.86. The van der Waals surface area contributed by atoms with Gasteiger partial charge in [-0.25, -0.2) is 0 Å². The number of hydrogen-bond acceptors (Lipinski definition) is 2. The molecule has 0 unspecified atom stereocenters. The molecule has 23 heavy (non-hydrogen) atoms. The molecule has 0 N–H and O–H groups in total. The van der Waals surface area contributed by atoms with E-state index in [0.29, 0.717) is 5.02 Å². The van der Waals surface area contributed by atoms with Gasteiger partial charge in [-0.05, 0) is 44.2 Å². The van der Waals surface area contributed by atoms with Gasteiger partial charge in [0.05, 0.1) is 0 Å². The zero-order valence-corrected chi connectivity index (χ0v) is 14.9. The number of hydrogen-bond donors (Lipinski definition) is 0. The predicted molar refractivity (Wildman–Crippen MR) is 95.4 cm³/mol. The molecule has 5 heteroatoms. The Bertz CT molecular complexity index is 729. The second-order valence-electron chi connectivity index (χ2n) is 6.11. The maximum Gasteiger partial charge on any atom is 0.270 e. The highest BCUT2D eigenvalue weighted by atomic mass is 35.5. The second kappa shape index (κ2) is 6.54. The number of carbonyl (C=O) groups excluding carboxylic acids is 1. The fourth-order valence-corrected chi connectivity index (χ4v) is 3.69. The molecule has 1 aliphatic rings. The van der Waals surface area contributed by atoms with Crippen molar-refractivity contribution in [3.05, 3.63) is 34.5 Å². The van der Waals surface area contributed by atoms with Gasteiger partial charge < -0.3 is 14.4 Å². The normalized spacial score (nSPS) is 16.3. The summed E-state index contributed by atoms with van der Waals surface area (Å²) in [5.41, 5.74) is 2.94. The van der Waals surface area contributed by atoms with E-state index in [0.717, 1.165) is 61.4 Å². The highest BCUT2D eigenvalue weighted by Gasteiger charge is 2.26. The van der Waals surface area contributed by atoms with Gasteiger partial charge in [0.15, 0.2) is 0 Å². The molecular weight excluding hydrogens is 310 g/mol. The summed E-state index contributed by atoms with van der Waals surface area (Å²) in [6.45, 7) is 11.6. The lowest BCUT2D eigenvalue weighted by Crippen LogP contribution is -2.49. The van der Waals surface area contributed by atoms with Crippen LogP contribution in [0, 0.1) is 6.92 Å². The van der Waals surface area contributed by atoms with E-state index in [9.17, 15) is 4.79 Å². The zero-order chi connectivity index (χ0) is 16.6. The molecule has 2 heterocycles. The van der Waals surface area contributed by atoms with Crippen LogP contribution in [0.15, 0.2) is 18.2 Å². The smallest absolute Gasteiger partial charge is 0.270 e. The van der Waals surface area contributed by atoms with Gasteiger partial charge in [0.1, 0.15) is 5.69 Å². The molecule has 4 nitrogen and oxygen atoms in total. The topological polar surface area (TPSA) is 28.5 Å². The van der Waals surface area contributed by atoms with E-state index in [1.165, 1.54) is 0 Å². The van der Waals surface area contributed by atoms with Crippen LogP contribution in [0.25, 0.3) is 10.9 Å². The van der Waals surface area contributed by atoms with Crippen LogP contribution in [0.1, 0.15) is 29.9 Å². The molecule has 1 fully saturated rings. The number of nitrogens with zero attached hydrogens (tertiary/aromatic N) is 3. The Hall–Kier alpha value is -1.52. The largest absolute Gasteiger partial charge is 0.337 e. The molecule has 3 rings (SSSR count).